The zero-order chi connectivity index (χ0) is 13.9. The smallest absolute Gasteiger partial charge is 0.460 e. The minimum absolute atomic E-state index is 0.0634. The van der Waals surface area contributed by atoms with Crippen LogP contribution < -0.4 is 0 Å². The lowest BCUT2D eigenvalue weighted by Crippen LogP contribution is -2.11. The molecule has 20 heavy (non-hydrogen) atoms. The molecule has 1 aliphatic rings. The maximum Gasteiger partial charge on any atom is 1.03 e. The fraction of sp³-hybridized carbons (Fsp3) is 0. The van der Waals surface area contributed by atoms with E-state index in [-0.39, 0.29) is 10.0 Å². The normalized spacial score (nSPS) is 14.3. The summed E-state index contributed by atoms with van der Waals surface area (Å²) in [4.78, 5) is 0. The Morgan fingerprint density at radius 3 is 1.95 bits per heavy atom. The Labute approximate surface area is 129 Å². The summed E-state index contributed by atoms with van der Waals surface area (Å²) in [6, 6.07) is 15.0. The Kier molecular flexibility index (Phi) is 3.92. The van der Waals surface area contributed by atoms with Crippen LogP contribution in [0.5, 0.6) is 0 Å². The van der Waals surface area contributed by atoms with E-state index in [1.807, 2.05) is 54.6 Å². The maximum absolute atomic E-state index is 5.89. The topological polar surface area (TPSA) is 20.5 Å². The zero-order valence-electron chi connectivity index (χ0n) is 10.3. The number of ketones is 1. The van der Waals surface area contributed by atoms with Crippen LogP contribution in [0.3, 0.4) is 0 Å². The molecule has 0 fully saturated rings. The lowest BCUT2D eigenvalue weighted by Gasteiger charge is -2.07. The standard InChI is InChI=1S/C15H9Cl2O2Si/c16-12-5-1-10(2-6-12)14-9-15(19-20-18-14)11-3-7-13(17)8-4-11/h1-9H/q+1. The van der Waals surface area contributed by atoms with Gasteiger partial charge in [-0.1, -0.05) is 23.2 Å². The van der Waals surface area contributed by atoms with Crippen molar-refractivity contribution in [1.29, 1.82) is 0 Å². The molecule has 0 amide bonds. The van der Waals surface area contributed by atoms with Crippen LogP contribution in [0.2, 0.25) is 10.0 Å². The monoisotopic (exact) mass is 319 g/mol. The second-order valence-electron chi connectivity index (χ2n) is 4.17. The van der Waals surface area contributed by atoms with Crippen molar-refractivity contribution in [2.24, 2.45) is 0 Å². The third kappa shape index (κ3) is 2.95. The van der Waals surface area contributed by atoms with E-state index in [1.165, 1.54) is 0 Å². The van der Waals surface area contributed by atoms with Gasteiger partial charge in [-0.2, -0.15) is 0 Å². The van der Waals surface area contributed by atoms with Gasteiger partial charge in [0.15, 0.2) is 0 Å². The fourth-order valence-corrected chi connectivity index (χ4v) is 2.63. The lowest BCUT2D eigenvalue weighted by molar-refractivity contribution is -0.101. The minimum atomic E-state index is -0.0634. The molecule has 3 rings (SSSR count). The molecule has 0 atom stereocenters. The number of halogens is 2. The maximum atomic E-state index is 5.89. The Morgan fingerprint density at radius 2 is 1.35 bits per heavy atom. The Hall–Kier alpha value is -1.55. The molecule has 0 aromatic heterocycles. The molecular weight excluding hydrogens is 311 g/mol. The van der Waals surface area contributed by atoms with Gasteiger partial charge in [0, 0.05) is 15.6 Å². The van der Waals surface area contributed by atoms with Crippen molar-refractivity contribution >= 4 is 44.8 Å². The molecule has 1 aliphatic heterocycles. The Morgan fingerprint density at radius 1 is 0.800 bits per heavy atom. The first-order valence-electron chi connectivity index (χ1n) is 5.91. The second-order valence-corrected chi connectivity index (χ2v) is 5.62. The second kappa shape index (κ2) is 5.83. The van der Waals surface area contributed by atoms with Gasteiger partial charge in [0.25, 0.3) is 0 Å². The van der Waals surface area contributed by atoms with Crippen LogP contribution in [0.1, 0.15) is 15.2 Å². The van der Waals surface area contributed by atoms with Crippen LogP contribution in [0, 0.1) is 0 Å². The van der Waals surface area contributed by atoms with Crippen LogP contribution in [-0.2, 0) is 4.43 Å². The van der Waals surface area contributed by atoms with Crippen LogP contribution in [-0.4, -0.2) is 15.8 Å². The SMILES string of the molecule is Clc1ccc(C2=CC(c3ccc(Cl)cc3)=[O+][Si]O2)cc1. The Bertz CT molecular complexity index is 676. The van der Waals surface area contributed by atoms with Gasteiger partial charge >= 0.3 is 15.8 Å². The predicted molar refractivity (Wildman–Crippen MR) is 82.1 cm³/mol. The van der Waals surface area contributed by atoms with E-state index in [0.717, 1.165) is 22.7 Å². The summed E-state index contributed by atoms with van der Waals surface area (Å²) in [7, 11) is -0.0634. The van der Waals surface area contributed by atoms with Crippen molar-refractivity contribution in [2.45, 2.75) is 0 Å². The fourth-order valence-electron chi connectivity index (χ4n) is 1.80. The summed E-state index contributed by atoms with van der Waals surface area (Å²) in [6.07, 6.45) is 1.88. The molecule has 0 N–H and O–H groups in total. The average Bonchev–Trinajstić information content (AvgIpc) is 2.49. The van der Waals surface area contributed by atoms with Crippen LogP contribution in [0.25, 0.3) is 5.76 Å². The highest BCUT2D eigenvalue weighted by molar-refractivity contribution is 6.31. The van der Waals surface area contributed by atoms with Gasteiger partial charge in [-0.25, -0.2) is 0 Å². The third-order valence-electron chi connectivity index (χ3n) is 2.82. The number of allylic oxidation sites excluding steroid dienone is 1. The van der Waals surface area contributed by atoms with E-state index in [0.29, 0.717) is 10.0 Å². The molecule has 0 aliphatic carbocycles. The van der Waals surface area contributed by atoms with Crippen molar-refractivity contribution < 1.29 is 8.54 Å². The summed E-state index contributed by atoms with van der Waals surface area (Å²) in [6.45, 7) is 0. The summed E-state index contributed by atoms with van der Waals surface area (Å²) in [5.41, 5.74) is 1.94. The minimum Gasteiger partial charge on any atom is -0.460 e. The third-order valence-corrected chi connectivity index (χ3v) is 3.93. The quantitative estimate of drug-likeness (QED) is 0.596. The number of hydrogen-bond acceptors (Lipinski definition) is 1. The first kappa shape index (κ1) is 13.4. The molecule has 0 spiro atoms. The first-order valence-corrected chi connectivity index (χ1v) is 7.49. The molecule has 2 nitrogen and oxygen atoms in total. The highest BCUT2D eigenvalue weighted by Crippen LogP contribution is 2.22. The van der Waals surface area contributed by atoms with Crippen molar-refractivity contribution in [3.63, 3.8) is 0 Å². The van der Waals surface area contributed by atoms with Gasteiger partial charge < -0.3 is 8.54 Å². The summed E-state index contributed by atoms with van der Waals surface area (Å²) < 4.78 is 11.1. The number of benzene rings is 2. The molecule has 2 aromatic rings. The van der Waals surface area contributed by atoms with Gasteiger partial charge in [0.05, 0.1) is 11.6 Å². The van der Waals surface area contributed by atoms with E-state index < -0.39 is 0 Å². The number of rotatable bonds is 2. The summed E-state index contributed by atoms with van der Waals surface area (Å²) >= 11 is 11.8. The zero-order valence-corrected chi connectivity index (χ0v) is 12.8. The number of hydrogen-bond donors (Lipinski definition) is 0. The molecule has 98 valence electrons. The lowest BCUT2D eigenvalue weighted by atomic mass is 10.1. The van der Waals surface area contributed by atoms with Gasteiger partial charge in [-0.05, 0) is 48.5 Å². The molecule has 0 unspecified atom stereocenters. The van der Waals surface area contributed by atoms with Gasteiger partial charge in [-0.3, -0.25) is 0 Å². The van der Waals surface area contributed by atoms with E-state index >= 15 is 0 Å². The van der Waals surface area contributed by atoms with Crippen molar-refractivity contribution in [1.82, 2.24) is 0 Å². The highest BCUT2D eigenvalue weighted by Gasteiger charge is 2.27. The first-order chi connectivity index (χ1) is 9.72. The van der Waals surface area contributed by atoms with E-state index in [1.54, 1.807) is 0 Å². The van der Waals surface area contributed by atoms with Crippen LogP contribution in [0.15, 0.2) is 54.6 Å². The van der Waals surface area contributed by atoms with E-state index in [2.05, 4.69) is 0 Å². The predicted octanol–water partition coefficient (Wildman–Crippen LogP) is 4.32. The van der Waals surface area contributed by atoms with Gasteiger partial charge in [0.2, 0.25) is 0 Å². The molecule has 1 heterocycles. The molecule has 0 bridgehead atoms. The number of carbonyl (C=O) groups excluding carboxylic acids is 1. The molecule has 0 saturated carbocycles. The van der Waals surface area contributed by atoms with Gasteiger partial charge in [-0.15, -0.1) is 0 Å². The highest BCUT2D eigenvalue weighted by atomic mass is 35.5. The molecule has 0 saturated heterocycles. The summed E-state index contributed by atoms with van der Waals surface area (Å²) in [5.74, 6) is 1.55. The van der Waals surface area contributed by atoms with Crippen molar-refractivity contribution in [3.8, 4) is 0 Å². The van der Waals surface area contributed by atoms with E-state index in [9.17, 15) is 0 Å². The molecule has 5 heteroatoms. The molecular formula is C15H9Cl2O2Si+. The van der Waals surface area contributed by atoms with E-state index in [4.69, 9.17) is 31.7 Å². The summed E-state index contributed by atoms with van der Waals surface area (Å²) in [5, 5.41) is 1.40. The van der Waals surface area contributed by atoms with Gasteiger partial charge in [0.1, 0.15) is 5.76 Å². The average molecular weight is 320 g/mol. The molecule has 2 aromatic carbocycles. The van der Waals surface area contributed by atoms with Crippen molar-refractivity contribution in [2.75, 3.05) is 0 Å². The Balaban J connectivity index is 1.92. The molecule has 2 radical (unpaired) electrons. The van der Waals surface area contributed by atoms with Crippen LogP contribution >= 0.6 is 23.2 Å². The largest absolute Gasteiger partial charge is 1.03 e. The van der Waals surface area contributed by atoms with Crippen LogP contribution in [0.4, 0.5) is 0 Å². The van der Waals surface area contributed by atoms with Crippen molar-refractivity contribution in [3.05, 3.63) is 75.8 Å².